The molecule has 1 rings (SSSR count). The summed E-state index contributed by atoms with van der Waals surface area (Å²) in [7, 11) is 0. The Labute approximate surface area is 129 Å². The van der Waals surface area contributed by atoms with Crippen LogP contribution in [0.5, 0.6) is 5.75 Å². The van der Waals surface area contributed by atoms with E-state index in [-0.39, 0.29) is 5.91 Å². The summed E-state index contributed by atoms with van der Waals surface area (Å²) in [6, 6.07) is 7.77. The van der Waals surface area contributed by atoms with Gasteiger partial charge in [-0.25, -0.2) is 0 Å². The number of para-hydroxylation sites is 1. The van der Waals surface area contributed by atoms with Crippen molar-refractivity contribution in [3.05, 3.63) is 29.8 Å². The molecule has 0 fully saturated rings. The third-order valence-corrected chi connectivity index (χ3v) is 3.87. The number of carbonyl (C=O) groups excluding carboxylic acids is 1. The highest BCUT2D eigenvalue weighted by molar-refractivity contribution is 5.80. The van der Waals surface area contributed by atoms with Gasteiger partial charge in [0.15, 0.2) is 6.10 Å². The van der Waals surface area contributed by atoms with E-state index < -0.39 is 6.10 Å². The number of benzene rings is 1. The first-order valence-corrected chi connectivity index (χ1v) is 8.08. The number of carbonyl (C=O) groups is 1. The van der Waals surface area contributed by atoms with Crippen LogP contribution in [0.2, 0.25) is 0 Å². The Morgan fingerprint density at radius 3 is 2.62 bits per heavy atom. The van der Waals surface area contributed by atoms with E-state index >= 15 is 0 Å². The zero-order valence-electron chi connectivity index (χ0n) is 13.8. The molecule has 3 nitrogen and oxygen atoms in total. The van der Waals surface area contributed by atoms with Gasteiger partial charge in [-0.2, -0.15) is 0 Å². The molecule has 0 bridgehead atoms. The zero-order chi connectivity index (χ0) is 15.7. The van der Waals surface area contributed by atoms with Crippen LogP contribution in [0.25, 0.3) is 0 Å². The van der Waals surface area contributed by atoms with E-state index in [0.29, 0.717) is 5.92 Å². The SMILES string of the molecule is CCCC[C@@H](CC)CNC(=O)[C@@H](C)Oc1ccccc1C. The van der Waals surface area contributed by atoms with Crippen LogP contribution in [0.15, 0.2) is 24.3 Å². The molecule has 2 atom stereocenters. The summed E-state index contributed by atoms with van der Waals surface area (Å²) in [5.41, 5.74) is 1.05. The van der Waals surface area contributed by atoms with E-state index in [1.807, 2.05) is 31.2 Å². The van der Waals surface area contributed by atoms with Crippen LogP contribution in [0.3, 0.4) is 0 Å². The molecule has 1 amide bonds. The summed E-state index contributed by atoms with van der Waals surface area (Å²) in [4.78, 5) is 12.1. The largest absolute Gasteiger partial charge is 0.481 e. The Morgan fingerprint density at radius 2 is 2.00 bits per heavy atom. The lowest BCUT2D eigenvalue weighted by Crippen LogP contribution is -2.38. The number of unbranched alkanes of at least 4 members (excludes halogenated alkanes) is 1. The van der Waals surface area contributed by atoms with E-state index in [1.165, 1.54) is 19.3 Å². The van der Waals surface area contributed by atoms with Crippen molar-refractivity contribution >= 4 is 5.91 Å². The summed E-state index contributed by atoms with van der Waals surface area (Å²) in [5.74, 6) is 1.31. The molecule has 0 aromatic heterocycles. The average Bonchev–Trinajstić information content (AvgIpc) is 2.49. The van der Waals surface area contributed by atoms with Crippen LogP contribution in [0.1, 0.15) is 52.0 Å². The fraction of sp³-hybridized carbons (Fsp3) is 0.611. The molecule has 1 aromatic rings. The predicted octanol–water partition coefficient (Wildman–Crippen LogP) is 4.09. The summed E-state index contributed by atoms with van der Waals surface area (Å²) in [6.07, 6.45) is 4.25. The van der Waals surface area contributed by atoms with E-state index in [4.69, 9.17) is 4.74 Å². The van der Waals surface area contributed by atoms with Crippen molar-refractivity contribution in [3.63, 3.8) is 0 Å². The minimum Gasteiger partial charge on any atom is -0.481 e. The number of ether oxygens (including phenoxy) is 1. The number of amides is 1. The Bertz CT molecular complexity index is 431. The third kappa shape index (κ3) is 6.19. The quantitative estimate of drug-likeness (QED) is 0.744. The van der Waals surface area contributed by atoms with Crippen LogP contribution in [0, 0.1) is 12.8 Å². The average molecular weight is 291 g/mol. The molecule has 0 aliphatic carbocycles. The molecule has 0 saturated carbocycles. The van der Waals surface area contributed by atoms with Gasteiger partial charge < -0.3 is 10.1 Å². The molecule has 0 aliphatic heterocycles. The topological polar surface area (TPSA) is 38.3 Å². The highest BCUT2D eigenvalue weighted by Gasteiger charge is 2.16. The van der Waals surface area contributed by atoms with Gasteiger partial charge in [0.2, 0.25) is 0 Å². The molecule has 0 aliphatic rings. The van der Waals surface area contributed by atoms with Gasteiger partial charge >= 0.3 is 0 Å². The summed E-state index contributed by atoms with van der Waals surface area (Å²) in [5, 5.41) is 3.02. The van der Waals surface area contributed by atoms with Gasteiger partial charge in [0.05, 0.1) is 0 Å². The van der Waals surface area contributed by atoms with Gasteiger partial charge in [0, 0.05) is 6.54 Å². The standard InChI is InChI=1S/C18H29NO2/c1-5-7-11-16(6-2)13-19-18(20)15(4)21-17-12-9-8-10-14(17)3/h8-10,12,15-16H,5-7,11,13H2,1-4H3,(H,19,20)/t15-,16-/m1/s1. The van der Waals surface area contributed by atoms with Crippen LogP contribution in [-0.4, -0.2) is 18.6 Å². The van der Waals surface area contributed by atoms with Crippen LogP contribution >= 0.6 is 0 Å². The lowest BCUT2D eigenvalue weighted by atomic mass is 9.99. The molecule has 21 heavy (non-hydrogen) atoms. The normalized spacial score (nSPS) is 13.5. The van der Waals surface area contributed by atoms with Crippen molar-refractivity contribution in [2.45, 2.75) is 59.5 Å². The second-order valence-electron chi connectivity index (χ2n) is 5.69. The maximum absolute atomic E-state index is 12.1. The number of aryl methyl sites for hydroxylation is 1. The maximum Gasteiger partial charge on any atom is 0.260 e. The third-order valence-electron chi connectivity index (χ3n) is 3.87. The van der Waals surface area contributed by atoms with Gasteiger partial charge in [-0.15, -0.1) is 0 Å². The van der Waals surface area contributed by atoms with Crippen molar-refractivity contribution in [2.75, 3.05) is 6.54 Å². The van der Waals surface area contributed by atoms with Crippen LogP contribution in [0.4, 0.5) is 0 Å². The molecule has 0 saturated heterocycles. The van der Waals surface area contributed by atoms with Crippen molar-refractivity contribution < 1.29 is 9.53 Å². The highest BCUT2D eigenvalue weighted by Crippen LogP contribution is 2.18. The number of rotatable bonds is 9. The lowest BCUT2D eigenvalue weighted by Gasteiger charge is -2.19. The minimum atomic E-state index is -0.463. The first-order chi connectivity index (χ1) is 10.1. The monoisotopic (exact) mass is 291 g/mol. The molecule has 0 spiro atoms. The van der Waals surface area contributed by atoms with Gasteiger partial charge in [-0.1, -0.05) is 51.3 Å². The Kier molecular flexibility index (Phi) is 7.88. The van der Waals surface area contributed by atoms with Gasteiger partial charge in [-0.3, -0.25) is 4.79 Å². The summed E-state index contributed by atoms with van der Waals surface area (Å²) < 4.78 is 5.74. The zero-order valence-corrected chi connectivity index (χ0v) is 13.8. The van der Waals surface area contributed by atoms with Crippen LogP contribution < -0.4 is 10.1 Å². The second kappa shape index (κ2) is 9.43. The van der Waals surface area contributed by atoms with E-state index in [1.54, 1.807) is 6.92 Å². The highest BCUT2D eigenvalue weighted by atomic mass is 16.5. The Hall–Kier alpha value is -1.51. The summed E-state index contributed by atoms with van der Waals surface area (Å²) in [6.45, 7) is 8.91. The molecule has 0 heterocycles. The first kappa shape index (κ1) is 17.5. The van der Waals surface area contributed by atoms with Gasteiger partial charge in [-0.05, 0) is 37.8 Å². The van der Waals surface area contributed by atoms with E-state index in [0.717, 1.165) is 24.3 Å². The van der Waals surface area contributed by atoms with Crippen molar-refractivity contribution in [1.82, 2.24) is 5.32 Å². The molecule has 0 radical (unpaired) electrons. The Morgan fingerprint density at radius 1 is 1.29 bits per heavy atom. The number of hydrogen-bond donors (Lipinski definition) is 1. The molecule has 1 aromatic carbocycles. The number of hydrogen-bond acceptors (Lipinski definition) is 2. The molecule has 118 valence electrons. The van der Waals surface area contributed by atoms with E-state index in [9.17, 15) is 4.79 Å². The van der Waals surface area contributed by atoms with Crippen molar-refractivity contribution in [1.29, 1.82) is 0 Å². The fourth-order valence-electron chi connectivity index (χ4n) is 2.26. The number of nitrogens with one attached hydrogen (secondary N) is 1. The van der Waals surface area contributed by atoms with Crippen molar-refractivity contribution in [2.24, 2.45) is 5.92 Å². The Balaban J connectivity index is 2.42. The predicted molar refractivity (Wildman–Crippen MR) is 87.6 cm³/mol. The molecular formula is C18H29NO2. The summed E-state index contributed by atoms with van der Waals surface area (Å²) >= 11 is 0. The van der Waals surface area contributed by atoms with Crippen molar-refractivity contribution in [3.8, 4) is 5.75 Å². The molecular weight excluding hydrogens is 262 g/mol. The molecule has 0 unspecified atom stereocenters. The minimum absolute atomic E-state index is 0.0341. The second-order valence-corrected chi connectivity index (χ2v) is 5.69. The fourth-order valence-corrected chi connectivity index (χ4v) is 2.26. The first-order valence-electron chi connectivity index (χ1n) is 8.08. The molecule has 3 heteroatoms. The molecule has 1 N–H and O–H groups in total. The lowest BCUT2D eigenvalue weighted by molar-refractivity contribution is -0.127. The van der Waals surface area contributed by atoms with Gasteiger partial charge in [0.25, 0.3) is 5.91 Å². The maximum atomic E-state index is 12.1. The van der Waals surface area contributed by atoms with Crippen LogP contribution in [-0.2, 0) is 4.79 Å². The van der Waals surface area contributed by atoms with E-state index in [2.05, 4.69) is 19.2 Å². The van der Waals surface area contributed by atoms with Gasteiger partial charge in [0.1, 0.15) is 5.75 Å². The smallest absolute Gasteiger partial charge is 0.260 e.